The van der Waals surface area contributed by atoms with E-state index in [9.17, 15) is 9.59 Å². The highest BCUT2D eigenvalue weighted by Gasteiger charge is 2.28. The molecule has 0 saturated heterocycles. The summed E-state index contributed by atoms with van der Waals surface area (Å²) < 4.78 is 7.25. The topological polar surface area (TPSA) is 73.2 Å². The highest BCUT2D eigenvalue weighted by molar-refractivity contribution is 5.95. The molecule has 0 saturated carbocycles. The van der Waals surface area contributed by atoms with Crippen molar-refractivity contribution in [3.05, 3.63) is 84.1 Å². The van der Waals surface area contributed by atoms with Gasteiger partial charge in [-0.2, -0.15) is 5.10 Å². The van der Waals surface area contributed by atoms with Gasteiger partial charge in [0.2, 0.25) is 0 Å². The van der Waals surface area contributed by atoms with Gasteiger partial charge in [-0.1, -0.05) is 60.7 Å². The molecule has 0 aliphatic carbocycles. The maximum Gasteiger partial charge on any atom is 0.318 e. The van der Waals surface area contributed by atoms with Gasteiger partial charge in [-0.05, 0) is 31.9 Å². The third-order valence-corrected chi connectivity index (χ3v) is 4.57. The molecule has 0 bridgehead atoms. The number of carbonyl (C=O) groups excluding carboxylic acids is 2. The molecule has 0 spiro atoms. The minimum Gasteiger partial charge on any atom is -0.452 e. The molecule has 0 aliphatic rings. The van der Waals surface area contributed by atoms with Gasteiger partial charge in [-0.25, -0.2) is 4.68 Å². The lowest BCUT2D eigenvalue weighted by Crippen LogP contribution is -2.32. The van der Waals surface area contributed by atoms with Crippen LogP contribution in [0.2, 0.25) is 0 Å². The summed E-state index contributed by atoms with van der Waals surface area (Å²) in [6, 6.07) is 20.6. The van der Waals surface area contributed by atoms with Crippen LogP contribution in [0.1, 0.15) is 43.9 Å². The first-order valence-electron chi connectivity index (χ1n) is 9.62. The van der Waals surface area contributed by atoms with Crippen molar-refractivity contribution in [2.75, 3.05) is 5.32 Å². The van der Waals surface area contributed by atoms with Gasteiger partial charge in [0, 0.05) is 12.1 Å². The Balaban J connectivity index is 1.75. The summed E-state index contributed by atoms with van der Waals surface area (Å²) in [5, 5.41) is 6.97. The van der Waals surface area contributed by atoms with E-state index in [-0.39, 0.29) is 6.04 Å². The predicted molar refractivity (Wildman–Crippen MR) is 112 cm³/mol. The highest BCUT2D eigenvalue weighted by Crippen LogP contribution is 2.26. The van der Waals surface area contributed by atoms with Gasteiger partial charge in [0.05, 0.1) is 6.20 Å². The standard InChI is InChI=1S/C23H25N3O3/c1-16(2)26-20(14-15-24-26)25-22(27)17(3)29-23(28)21(18-10-6-4-7-11-18)19-12-8-5-9-13-19/h4-17,21H,1-3H3,(H,25,27)/t17-/m1/s1. The molecule has 1 atom stereocenters. The van der Waals surface area contributed by atoms with Crippen LogP contribution < -0.4 is 5.32 Å². The van der Waals surface area contributed by atoms with Crippen molar-refractivity contribution in [2.24, 2.45) is 0 Å². The molecule has 1 N–H and O–H groups in total. The monoisotopic (exact) mass is 391 g/mol. The normalized spacial score (nSPS) is 12.0. The van der Waals surface area contributed by atoms with E-state index in [2.05, 4.69) is 10.4 Å². The zero-order chi connectivity index (χ0) is 20.8. The maximum atomic E-state index is 13.0. The first-order chi connectivity index (χ1) is 14.0. The molecule has 6 nitrogen and oxygen atoms in total. The lowest BCUT2D eigenvalue weighted by atomic mass is 9.91. The molecule has 2 aromatic carbocycles. The molecule has 3 aromatic rings. The summed E-state index contributed by atoms with van der Waals surface area (Å²) in [5.41, 5.74) is 1.63. The minimum absolute atomic E-state index is 0.0960. The van der Waals surface area contributed by atoms with Gasteiger partial charge in [-0.3, -0.25) is 9.59 Å². The molecule has 0 radical (unpaired) electrons. The fourth-order valence-corrected chi connectivity index (χ4v) is 3.10. The van der Waals surface area contributed by atoms with Crippen LogP contribution in [0.25, 0.3) is 0 Å². The van der Waals surface area contributed by atoms with Gasteiger partial charge in [0.1, 0.15) is 11.7 Å². The first-order valence-corrected chi connectivity index (χ1v) is 9.62. The number of carbonyl (C=O) groups is 2. The molecular formula is C23H25N3O3. The fourth-order valence-electron chi connectivity index (χ4n) is 3.10. The number of amides is 1. The largest absolute Gasteiger partial charge is 0.452 e. The third kappa shape index (κ3) is 4.90. The van der Waals surface area contributed by atoms with Gasteiger partial charge in [0.15, 0.2) is 6.10 Å². The van der Waals surface area contributed by atoms with Crippen LogP contribution in [0.3, 0.4) is 0 Å². The zero-order valence-corrected chi connectivity index (χ0v) is 16.8. The van der Waals surface area contributed by atoms with Crippen LogP contribution in [0.5, 0.6) is 0 Å². The highest BCUT2D eigenvalue weighted by atomic mass is 16.5. The molecule has 6 heteroatoms. The number of ether oxygens (including phenoxy) is 1. The maximum absolute atomic E-state index is 13.0. The predicted octanol–water partition coefficient (Wildman–Crippen LogP) is 4.17. The Labute approximate surface area is 170 Å². The summed E-state index contributed by atoms with van der Waals surface area (Å²) >= 11 is 0. The van der Waals surface area contributed by atoms with Crippen LogP contribution in [-0.2, 0) is 14.3 Å². The Bertz CT molecular complexity index is 912. The summed E-state index contributed by atoms with van der Waals surface area (Å²) in [5.74, 6) is -0.910. The van der Waals surface area contributed by atoms with Crippen molar-refractivity contribution in [2.45, 2.75) is 38.8 Å². The van der Waals surface area contributed by atoms with Crippen molar-refractivity contribution in [1.82, 2.24) is 9.78 Å². The number of anilines is 1. The Morgan fingerprint density at radius 1 is 0.897 bits per heavy atom. The van der Waals surface area contributed by atoms with E-state index in [0.29, 0.717) is 5.82 Å². The second-order valence-electron chi connectivity index (χ2n) is 7.08. The Hall–Kier alpha value is -3.41. The van der Waals surface area contributed by atoms with Crippen molar-refractivity contribution in [3.8, 4) is 0 Å². The molecule has 1 heterocycles. The molecule has 150 valence electrons. The number of hydrogen-bond acceptors (Lipinski definition) is 4. The van der Waals surface area contributed by atoms with Crippen LogP contribution in [0.4, 0.5) is 5.82 Å². The summed E-state index contributed by atoms with van der Waals surface area (Å²) in [6.45, 7) is 5.50. The van der Waals surface area contributed by atoms with E-state index < -0.39 is 23.9 Å². The van der Waals surface area contributed by atoms with E-state index in [4.69, 9.17) is 4.74 Å². The van der Waals surface area contributed by atoms with Crippen LogP contribution >= 0.6 is 0 Å². The number of aromatic nitrogens is 2. The van der Waals surface area contributed by atoms with Crippen LogP contribution in [0.15, 0.2) is 72.9 Å². The lowest BCUT2D eigenvalue weighted by molar-refractivity contribution is -0.153. The number of rotatable bonds is 7. The van der Waals surface area contributed by atoms with Crippen molar-refractivity contribution >= 4 is 17.7 Å². The van der Waals surface area contributed by atoms with Gasteiger partial charge in [-0.15, -0.1) is 0 Å². The van der Waals surface area contributed by atoms with Gasteiger partial charge >= 0.3 is 5.97 Å². The average Bonchev–Trinajstić information content (AvgIpc) is 3.18. The quantitative estimate of drug-likeness (QED) is 0.614. The molecule has 29 heavy (non-hydrogen) atoms. The Kier molecular flexibility index (Phi) is 6.44. The third-order valence-electron chi connectivity index (χ3n) is 4.57. The van der Waals surface area contributed by atoms with Crippen LogP contribution in [0, 0.1) is 0 Å². The lowest BCUT2D eigenvalue weighted by Gasteiger charge is -2.20. The van der Waals surface area contributed by atoms with Crippen molar-refractivity contribution in [3.63, 3.8) is 0 Å². The first kappa shape index (κ1) is 20.3. The van der Waals surface area contributed by atoms with E-state index >= 15 is 0 Å². The van der Waals surface area contributed by atoms with E-state index in [1.165, 1.54) is 0 Å². The number of nitrogens with zero attached hydrogens (tertiary/aromatic N) is 2. The second-order valence-corrected chi connectivity index (χ2v) is 7.08. The molecular weight excluding hydrogens is 366 g/mol. The minimum atomic E-state index is -0.951. The van der Waals surface area contributed by atoms with Crippen molar-refractivity contribution in [1.29, 1.82) is 0 Å². The smallest absolute Gasteiger partial charge is 0.318 e. The van der Waals surface area contributed by atoms with E-state index in [0.717, 1.165) is 11.1 Å². The molecule has 0 aliphatic heterocycles. The molecule has 0 unspecified atom stereocenters. The Morgan fingerprint density at radius 3 is 1.97 bits per heavy atom. The average molecular weight is 391 g/mol. The van der Waals surface area contributed by atoms with E-state index in [1.54, 1.807) is 23.9 Å². The summed E-state index contributed by atoms with van der Waals surface area (Å²) in [7, 11) is 0. The SMILES string of the molecule is CC(C)n1nccc1NC(=O)[C@@H](C)OC(=O)C(c1ccccc1)c1ccccc1. The summed E-state index contributed by atoms with van der Waals surface area (Å²) in [6.07, 6.45) is 0.667. The van der Waals surface area contributed by atoms with Gasteiger partial charge in [0.25, 0.3) is 5.91 Å². The Morgan fingerprint density at radius 2 is 1.45 bits per heavy atom. The fraction of sp³-hybridized carbons (Fsp3) is 0.261. The molecule has 1 amide bonds. The molecule has 1 aromatic heterocycles. The second kappa shape index (κ2) is 9.19. The summed E-state index contributed by atoms with van der Waals surface area (Å²) in [4.78, 5) is 25.6. The molecule has 0 fully saturated rings. The van der Waals surface area contributed by atoms with Crippen molar-refractivity contribution < 1.29 is 14.3 Å². The zero-order valence-electron chi connectivity index (χ0n) is 16.8. The number of nitrogens with one attached hydrogen (secondary N) is 1. The number of esters is 1. The van der Waals surface area contributed by atoms with Crippen LogP contribution in [-0.4, -0.2) is 27.8 Å². The number of benzene rings is 2. The molecule has 3 rings (SSSR count). The number of hydrogen-bond donors (Lipinski definition) is 1. The van der Waals surface area contributed by atoms with Gasteiger partial charge < -0.3 is 10.1 Å². The van der Waals surface area contributed by atoms with E-state index in [1.807, 2.05) is 74.5 Å².